The third-order valence-electron chi connectivity index (χ3n) is 19.5. The molecule has 10 atom stereocenters. The number of aliphatic carboxylic acids is 1. The predicted molar refractivity (Wildman–Crippen MR) is 342 cm³/mol. The number of nitrogens with one attached hydrogen (secondary N) is 4. The average Bonchev–Trinajstić information content (AvgIpc) is 2.04. The van der Waals surface area contributed by atoms with E-state index in [4.69, 9.17) is 10.5 Å². The average molecular weight is 1210 g/mol. The van der Waals surface area contributed by atoms with Crippen molar-refractivity contribution in [2.45, 2.75) is 203 Å². The molecule has 17 heteroatoms. The van der Waals surface area contributed by atoms with E-state index in [0.29, 0.717) is 24.9 Å². The van der Waals surface area contributed by atoms with Gasteiger partial charge in [-0.2, -0.15) is 0 Å². The molecule has 4 aliphatic carbocycles. The van der Waals surface area contributed by atoms with Crippen LogP contribution in [0.15, 0.2) is 121 Å². The van der Waals surface area contributed by atoms with Crippen molar-refractivity contribution in [3.05, 3.63) is 144 Å². The number of nitrogens with zero attached hydrogens (tertiary/aromatic N) is 3. The van der Waals surface area contributed by atoms with Crippen molar-refractivity contribution >= 4 is 41.6 Å². The van der Waals surface area contributed by atoms with Gasteiger partial charge in [0.1, 0.15) is 29.6 Å². The molecule has 2 saturated heterocycles. The second-order valence-electron chi connectivity index (χ2n) is 26.5. The zero-order valence-electron chi connectivity index (χ0n) is 53.0. The summed E-state index contributed by atoms with van der Waals surface area (Å²) < 4.78 is 5.40. The molecule has 10 rings (SSSR count). The lowest BCUT2D eigenvalue weighted by Gasteiger charge is -2.37. The number of benzene rings is 4. The van der Waals surface area contributed by atoms with Crippen LogP contribution in [0.5, 0.6) is 0 Å². The maximum atomic E-state index is 14.2. The number of carboxylic acids is 1. The number of carboxylic acid groups (broad SMARTS) is 1. The Hall–Kier alpha value is -7.11. The van der Waals surface area contributed by atoms with Crippen LogP contribution in [0.25, 0.3) is 0 Å². The fraction of sp³-hybridized carbons (Fsp3) is 0.563. The first kappa shape index (κ1) is 66.8. The quantitative estimate of drug-likeness (QED) is 0.0583. The molecular formula is C71H98N8O9. The van der Waals surface area contributed by atoms with Gasteiger partial charge in [-0.1, -0.05) is 160 Å². The Morgan fingerprint density at radius 1 is 0.545 bits per heavy atom. The van der Waals surface area contributed by atoms with Crippen LogP contribution in [0.1, 0.15) is 171 Å². The zero-order chi connectivity index (χ0) is 63.1. The van der Waals surface area contributed by atoms with Crippen LogP contribution in [0.3, 0.4) is 0 Å². The van der Waals surface area contributed by atoms with Crippen LogP contribution >= 0.6 is 0 Å². The van der Waals surface area contributed by atoms with E-state index in [1.165, 1.54) is 17.7 Å². The van der Waals surface area contributed by atoms with Gasteiger partial charge in [-0.15, -0.1) is 0 Å². The lowest BCUT2D eigenvalue weighted by atomic mass is 9.83. The Labute approximate surface area is 522 Å². The molecule has 88 heavy (non-hydrogen) atoms. The molecule has 0 unspecified atom stereocenters. The van der Waals surface area contributed by atoms with Gasteiger partial charge < -0.3 is 46.6 Å². The maximum absolute atomic E-state index is 14.2. The van der Waals surface area contributed by atoms with Gasteiger partial charge in [0.15, 0.2) is 0 Å². The molecule has 0 radical (unpaired) electrons. The van der Waals surface area contributed by atoms with Gasteiger partial charge in [-0.25, -0.2) is 4.79 Å². The molecule has 476 valence electrons. The number of carbonyl (C=O) groups is 7. The molecule has 0 bridgehead atoms. The zero-order valence-corrected chi connectivity index (χ0v) is 53.0. The minimum Gasteiger partial charge on any atom is -0.481 e. The van der Waals surface area contributed by atoms with Crippen molar-refractivity contribution in [1.29, 1.82) is 0 Å². The summed E-state index contributed by atoms with van der Waals surface area (Å²) in [4.78, 5) is 96.9. The van der Waals surface area contributed by atoms with E-state index in [9.17, 15) is 38.7 Å². The number of carbonyl (C=O) groups excluding carboxylic acids is 6. The highest BCUT2D eigenvalue weighted by Gasteiger charge is 2.50. The molecule has 7 N–H and O–H groups in total. The predicted octanol–water partition coefficient (Wildman–Crippen LogP) is 9.54. The van der Waals surface area contributed by atoms with Crippen molar-refractivity contribution < 1.29 is 43.4 Å². The van der Waals surface area contributed by atoms with E-state index < -0.39 is 47.6 Å². The van der Waals surface area contributed by atoms with Gasteiger partial charge in [-0.3, -0.25) is 33.7 Å². The molecule has 0 spiro atoms. The fourth-order valence-electron chi connectivity index (χ4n) is 14.6. The Balaban J connectivity index is 0.000000186. The van der Waals surface area contributed by atoms with E-state index in [1.807, 2.05) is 138 Å². The summed E-state index contributed by atoms with van der Waals surface area (Å²) >= 11 is 0. The van der Waals surface area contributed by atoms with Gasteiger partial charge >= 0.3 is 12.1 Å². The molecule has 4 saturated carbocycles. The summed E-state index contributed by atoms with van der Waals surface area (Å²) in [5.41, 5.74) is 9.24. The number of hydrogen-bond acceptors (Lipinski definition) is 10. The minimum atomic E-state index is -0.822. The first-order valence-corrected chi connectivity index (χ1v) is 32.6. The van der Waals surface area contributed by atoms with E-state index in [2.05, 4.69) is 21.3 Å². The van der Waals surface area contributed by atoms with Gasteiger partial charge in [-0.05, 0) is 152 Å². The molecule has 4 aromatic carbocycles. The maximum Gasteiger partial charge on any atom is 0.410 e. The monoisotopic (exact) mass is 1210 g/mol. The van der Waals surface area contributed by atoms with Gasteiger partial charge in [0.2, 0.25) is 29.5 Å². The Morgan fingerprint density at radius 3 is 1.39 bits per heavy atom. The smallest absolute Gasteiger partial charge is 0.410 e. The van der Waals surface area contributed by atoms with Crippen molar-refractivity contribution in [3.8, 4) is 0 Å². The molecule has 0 aromatic heterocycles. The molecule has 2 aliphatic heterocycles. The van der Waals surface area contributed by atoms with E-state index in [-0.39, 0.29) is 71.6 Å². The number of likely N-dealkylation sites (tertiary alicyclic amines) is 2. The van der Waals surface area contributed by atoms with Gasteiger partial charge in [0, 0.05) is 38.3 Å². The largest absolute Gasteiger partial charge is 0.481 e. The number of ether oxygens (including phenoxy) is 1. The van der Waals surface area contributed by atoms with Crippen LogP contribution < -0.4 is 27.0 Å². The minimum absolute atomic E-state index is 0.00206. The molecule has 6 aliphatic rings. The van der Waals surface area contributed by atoms with Gasteiger partial charge in [0.25, 0.3) is 0 Å². The summed E-state index contributed by atoms with van der Waals surface area (Å²) in [5.74, 6) is -1.14. The molecular weight excluding hydrogens is 1110 g/mol. The van der Waals surface area contributed by atoms with Crippen molar-refractivity contribution in [2.24, 2.45) is 29.4 Å². The van der Waals surface area contributed by atoms with Gasteiger partial charge in [0.05, 0.1) is 18.0 Å². The molecule has 6 fully saturated rings. The lowest BCUT2D eigenvalue weighted by molar-refractivity contribution is -0.140. The van der Waals surface area contributed by atoms with Crippen LogP contribution in [-0.4, -0.2) is 143 Å². The highest BCUT2D eigenvalue weighted by molar-refractivity contribution is 5.92. The first-order valence-electron chi connectivity index (χ1n) is 32.6. The first-order chi connectivity index (χ1) is 42.3. The van der Waals surface area contributed by atoms with Crippen LogP contribution in [0.4, 0.5) is 4.79 Å². The second-order valence-corrected chi connectivity index (χ2v) is 26.5. The van der Waals surface area contributed by atoms with Crippen LogP contribution in [0.2, 0.25) is 0 Å². The number of likely N-dealkylation sites (N-methyl/N-ethyl adjacent to an activating group) is 2. The SMILES string of the molecule is CN[C@@H](C)C(=O)N[C@H](C(=O)N1CC[C@H]2CC[C@H](NC(=O)C(c3ccccc3)c3ccccc3)[C@H]21)C1CCCCC1.C[C@@H](C(=O)N[C@H](C(=O)N1CC[C@H]2CC[C@H](N)[C@H]21)C1CCCCC1)N(C)C(=O)OC(C)(C)C.O=C(O)C(c1ccccc1)c1ccccc1. The van der Waals surface area contributed by atoms with E-state index in [0.717, 1.165) is 112 Å². The number of fused-ring (bicyclic) bond motifs is 2. The summed E-state index contributed by atoms with van der Waals surface area (Å²) in [6.07, 6.45) is 15.7. The van der Waals surface area contributed by atoms with Crippen molar-refractivity contribution in [1.82, 2.24) is 36.0 Å². The topological polar surface area (TPSA) is 233 Å². The van der Waals surface area contributed by atoms with Crippen molar-refractivity contribution in [2.75, 3.05) is 27.2 Å². The number of rotatable bonds is 17. The number of amides is 6. The molecule has 4 aromatic rings. The normalized spacial score (nSPS) is 23.2. The summed E-state index contributed by atoms with van der Waals surface area (Å²) in [7, 11) is 3.31. The third-order valence-corrected chi connectivity index (χ3v) is 19.5. The Morgan fingerprint density at radius 2 is 0.955 bits per heavy atom. The number of nitrogens with two attached hydrogens (primary N) is 1. The Kier molecular flexibility index (Phi) is 23.8. The van der Waals surface area contributed by atoms with E-state index in [1.54, 1.807) is 41.8 Å². The van der Waals surface area contributed by atoms with Crippen LogP contribution in [-0.2, 0) is 33.5 Å². The van der Waals surface area contributed by atoms with Crippen molar-refractivity contribution in [3.63, 3.8) is 0 Å². The third kappa shape index (κ3) is 17.0. The van der Waals surface area contributed by atoms with Crippen LogP contribution in [0, 0.1) is 23.7 Å². The highest BCUT2D eigenvalue weighted by Crippen LogP contribution is 2.41. The summed E-state index contributed by atoms with van der Waals surface area (Å²) in [6, 6.07) is 36.1. The van der Waals surface area contributed by atoms with E-state index >= 15 is 0 Å². The molecule has 17 nitrogen and oxygen atoms in total. The second kappa shape index (κ2) is 31.4. The fourth-order valence-corrected chi connectivity index (χ4v) is 14.6. The standard InChI is InChI=1S/C33H44N4O3.C24H42N4O4.C14H12O2/c1-22(34-2)31(38)36-29(25-16-10-5-11-17-25)33(40)37-21-20-26-18-19-27(30(26)37)35-32(39)28(23-12-6-3-7-13-23)24-14-8-4-9-15-24;1-15(27(5)23(31)32-24(2,3)4)21(29)26-19(16-9-7-6-8-10-16)22(30)28-14-13-17-11-12-18(25)20(17)28;15-14(16)13(11-7-3-1-4-8-11)12-9-5-2-6-10-12/h3-4,6-9,12-15,22,25-30,34H,5,10-11,16-21H2,1-2H3,(H,35,39)(H,36,38);15-20H,6-14,25H2,1-5H3,(H,26,29);1-10,13H,(H,15,16)/t22-,26+,27-,29-,30-;15-,17+,18-,19-,20-;/m00./s1. The molecule has 6 amide bonds. The summed E-state index contributed by atoms with van der Waals surface area (Å²) in [6.45, 7) is 10.3. The molecule has 2 heterocycles. The lowest BCUT2D eigenvalue weighted by Crippen LogP contribution is -2.59. The Bertz CT molecular complexity index is 2840. The number of hydrogen-bond donors (Lipinski definition) is 6. The highest BCUT2D eigenvalue weighted by atomic mass is 16.6. The summed E-state index contributed by atoms with van der Waals surface area (Å²) in [5, 5.41) is 21.8.